The summed E-state index contributed by atoms with van der Waals surface area (Å²) >= 11 is 0. The minimum absolute atomic E-state index is 0.129. The van der Waals surface area contributed by atoms with Crippen molar-refractivity contribution in [2.75, 3.05) is 6.54 Å². The third-order valence-corrected chi connectivity index (χ3v) is 4.76. The van der Waals surface area contributed by atoms with E-state index in [1.807, 2.05) is 60.7 Å². The van der Waals surface area contributed by atoms with Gasteiger partial charge < -0.3 is 25.6 Å². The molecule has 0 aliphatic carbocycles. The summed E-state index contributed by atoms with van der Waals surface area (Å²) in [5.74, 6) is -0.270. The molecule has 0 saturated carbocycles. The first-order valence-electron chi connectivity index (χ1n) is 10.3. The minimum Gasteiger partial charge on any atom is -0.457 e. The van der Waals surface area contributed by atoms with Gasteiger partial charge in [0.05, 0.1) is 0 Å². The Labute approximate surface area is 186 Å². The lowest BCUT2D eigenvalue weighted by Gasteiger charge is -2.17. The van der Waals surface area contributed by atoms with Gasteiger partial charge in [0.2, 0.25) is 0 Å². The molecule has 3 rings (SSSR count). The molecular weight excluding hydrogens is 408 g/mol. The summed E-state index contributed by atoms with van der Waals surface area (Å²) in [4.78, 5) is 24.2. The molecule has 0 aliphatic heterocycles. The van der Waals surface area contributed by atoms with E-state index in [-0.39, 0.29) is 13.1 Å². The highest BCUT2D eigenvalue weighted by molar-refractivity contribution is 5.90. The standard InChI is InChI=1S/C25H26N2O5/c28-22(24(30)26-16-15-18-7-3-1-4-8-18)23(29)25(31)27-17-19-11-13-21(14-12-19)32-20-9-5-2-6-10-20/h1-14,22-23,28-29H,15-17H2,(H,26,30)(H,27,31)/t22-,23-/m1/s1. The van der Waals surface area contributed by atoms with Crippen molar-refractivity contribution in [3.05, 3.63) is 96.1 Å². The highest BCUT2D eigenvalue weighted by atomic mass is 16.5. The average Bonchev–Trinajstić information content (AvgIpc) is 2.83. The second-order valence-electron chi connectivity index (χ2n) is 7.19. The highest BCUT2D eigenvalue weighted by Crippen LogP contribution is 2.21. The van der Waals surface area contributed by atoms with Crippen molar-refractivity contribution in [2.24, 2.45) is 0 Å². The molecule has 166 valence electrons. The first-order valence-corrected chi connectivity index (χ1v) is 10.3. The quantitative estimate of drug-likeness (QED) is 0.391. The fraction of sp³-hybridized carbons (Fsp3) is 0.200. The Morgan fingerprint density at radius 3 is 1.84 bits per heavy atom. The van der Waals surface area contributed by atoms with Crippen LogP contribution in [0.15, 0.2) is 84.9 Å². The number of amides is 2. The molecule has 0 aliphatic rings. The summed E-state index contributed by atoms with van der Waals surface area (Å²) in [6.45, 7) is 0.412. The number of rotatable bonds is 10. The largest absolute Gasteiger partial charge is 0.457 e. The number of benzene rings is 3. The number of carbonyl (C=O) groups excluding carboxylic acids is 2. The van der Waals surface area contributed by atoms with Crippen LogP contribution in [-0.4, -0.2) is 40.8 Å². The predicted octanol–water partition coefficient (Wildman–Crippen LogP) is 2.18. The zero-order valence-corrected chi connectivity index (χ0v) is 17.5. The van der Waals surface area contributed by atoms with Gasteiger partial charge in [0, 0.05) is 13.1 Å². The van der Waals surface area contributed by atoms with Crippen LogP contribution in [0.3, 0.4) is 0 Å². The van der Waals surface area contributed by atoms with E-state index in [9.17, 15) is 19.8 Å². The molecule has 0 spiro atoms. The van der Waals surface area contributed by atoms with Gasteiger partial charge in [-0.2, -0.15) is 0 Å². The van der Waals surface area contributed by atoms with Crippen LogP contribution in [0.1, 0.15) is 11.1 Å². The molecule has 0 aromatic heterocycles. The summed E-state index contributed by atoms with van der Waals surface area (Å²) in [6, 6.07) is 26.0. The van der Waals surface area contributed by atoms with Crippen molar-refractivity contribution < 1.29 is 24.5 Å². The van der Waals surface area contributed by atoms with E-state index in [1.165, 1.54) is 0 Å². The van der Waals surface area contributed by atoms with Crippen LogP contribution >= 0.6 is 0 Å². The first-order chi connectivity index (χ1) is 15.5. The molecule has 32 heavy (non-hydrogen) atoms. The number of carbonyl (C=O) groups is 2. The maximum atomic E-state index is 12.1. The fourth-order valence-corrected chi connectivity index (χ4v) is 2.96. The van der Waals surface area contributed by atoms with Crippen LogP contribution in [0, 0.1) is 0 Å². The third kappa shape index (κ3) is 6.94. The smallest absolute Gasteiger partial charge is 0.252 e. The van der Waals surface area contributed by atoms with Gasteiger partial charge in [-0.05, 0) is 41.8 Å². The van der Waals surface area contributed by atoms with E-state index in [4.69, 9.17) is 4.74 Å². The molecule has 7 heteroatoms. The SMILES string of the molecule is O=C(NCCc1ccccc1)[C@H](O)[C@@H](O)C(=O)NCc1ccc(Oc2ccccc2)cc1. The van der Waals surface area contributed by atoms with Crippen molar-refractivity contribution in [3.8, 4) is 11.5 Å². The molecule has 3 aromatic rings. The number of aliphatic hydroxyl groups is 2. The van der Waals surface area contributed by atoms with Crippen LogP contribution in [0.5, 0.6) is 11.5 Å². The lowest BCUT2D eigenvalue weighted by atomic mass is 10.1. The Hall–Kier alpha value is -3.68. The van der Waals surface area contributed by atoms with Crippen LogP contribution in [-0.2, 0) is 22.6 Å². The van der Waals surface area contributed by atoms with Crippen LogP contribution in [0.2, 0.25) is 0 Å². The molecule has 0 heterocycles. The molecule has 4 N–H and O–H groups in total. The average molecular weight is 434 g/mol. The zero-order valence-electron chi connectivity index (χ0n) is 17.5. The highest BCUT2D eigenvalue weighted by Gasteiger charge is 2.29. The second-order valence-corrected chi connectivity index (χ2v) is 7.19. The Morgan fingerprint density at radius 2 is 1.22 bits per heavy atom. The monoisotopic (exact) mass is 434 g/mol. The molecule has 0 fully saturated rings. The van der Waals surface area contributed by atoms with Gasteiger partial charge in [0.1, 0.15) is 11.5 Å². The summed E-state index contributed by atoms with van der Waals surface area (Å²) in [7, 11) is 0. The van der Waals surface area contributed by atoms with Crippen molar-refractivity contribution in [3.63, 3.8) is 0 Å². The maximum Gasteiger partial charge on any atom is 0.252 e. The van der Waals surface area contributed by atoms with Gasteiger partial charge in [0.25, 0.3) is 11.8 Å². The summed E-state index contributed by atoms with van der Waals surface area (Å²) < 4.78 is 5.71. The van der Waals surface area contributed by atoms with E-state index in [0.29, 0.717) is 17.9 Å². The summed E-state index contributed by atoms with van der Waals surface area (Å²) in [5.41, 5.74) is 1.80. The first kappa shape index (κ1) is 23.0. The normalized spacial score (nSPS) is 12.4. The summed E-state index contributed by atoms with van der Waals surface area (Å²) in [6.07, 6.45) is -3.15. The molecule has 3 aromatic carbocycles. The van der Waals surface area contributed by atoms with Crippen LogP contribution in [0.25, 0.3) is 0 Å². The third-order valence-electron chi connectivity index (χ3n) is 4.76. The van der Waals surface area contributed by atoms with Gasteiger partial charge in [0.15, 0.2) is 12.2 Å². The van der Waals surface area contributed by atoms with Gasteiger partial charge >= 0.3 is 0 Å². The summed E-state index contributed by atoms with van der Waals surface area (Å²) in [5, 5.41) is 25.0. The molecule has 2 atom stereocenters. The number of aliphatic hydroxyl groups excluding tert-OH is 2. The Bertz CT molecular complexity index is 994. The Morgan fingerprint density at radius 1 is 0.688 bits per heavy atom. The molecule has 0 radical (unpaired) electrons. The van der Waals surface area contributed by atoms with Crippen molar-refractivity contribution in [1.29, 1.82) is 0 Å². The van der Waals surface area contributed by atoms with E-state index in [0.717, 1.165) is 11.1 Å². The van der Waals surface area contributed by atoms with Crippen molar-refractivity contribution in [2.45, 2.75) is 25.2 Å². The fourth-order valence-electron chi connectivity index (χ4n) is 2.96. The van der Waals surface area contributed by atoms with Crippen molar-refractivity contribution >= 4 is 11.8 Å². The minimum atomic E-state index is -1.87. The molecule has 0 saturated heterocycles. The molecule has 2 amide bonds. The number of ether oxygens (including phenoxy) is 1. The Kier molecular flexibility index (Phi) is 8.36. The maximum absolute atomic E-state index is 12.1. The van der Waals surface area contributed by atoms with E-state index < -0.39 is 24.0 Å². The molecule has 7 nitrogen and oxygen atoms in total. The van der Waals surface area contributed by atoms with E-state index in [1.54, 1.807) is 24.3 Å². The zero-order chi connectivity index (χ0) is 22.8. The molecule has 0 unspecified atom stereocenters. The van der Waals surface area contributed by atoms with E-state index in [2.05, 4.69) is 10.6 Å². The lowest BCUT2D eigenvalue weighted by Crippen LogP contribution is -2.49. The van der Waals surface area contributed by atoms with Crippen LogP contribution in [0.4, 0.5) is 0 Å². The van der Waals surface area contributed by atoms with Gasteiger partial charge in [-0.25, -0.2) is 0 Å². The number of hydrogen-bond donors (Lipinski definition) is 4. The van der Waals surface area contributed by atoms with Crippen molar-refractivity contribution in [1.82, 2.24) is 10.6 Å². The van der Waals surface area contributed by atoms with Gasteiger partial charge in [-0.3, -0.25) is 9.59 Å². The molecule has 0 bridgehead atoms. The van der Waals surface area contributed by atoms with E-state index >= 15 is 0 Å². The van der Waals surface area contributed by atoms with Crippen LogP contribution < -0.4 is 15.4 Å². The predicted molar refractivity (Wildman–Crippen MR) is 120 cm³/mol. The van der Waals surface area contributed by atoms with Gasteiger partial charge in [-0.15, -0.1) is 0 Å². The number of hydrogen-bond acceptors (Lipinski definition) is 5. The van der Waals surface area contributed by atoms with Gasteiger partial charge in [-0.1, -0.05) is 60.7 Å². The Balaban J connectivity index is 1.41. The molecular formula is C25H26N2O5. The number of nitrogens with one attached hydrogen (secondary N) is 2. The second kappa shape index (κ2) is 11.6. The number of para-hydroxylation sites is 1. The topological polar surface area (TPSA) is 108 Å². The lowest BCUT2D eigenvalue weighted by molar-refractivity contribution is -0.146.